The lowest BCUT2D eigenvalue weighted by atomic mass is 10.1. The minimum Gasteiger partial charge on any atom is -0.493 e. The molecule has 192 valence electrons. The molecule has 1 atom stereocenters. The Hall–Kier alpha value is -3.58. The van der Waals surface area contributed by atoms with Gasteiger partial charge < -0.3 is 33.9 Å². The van der Waals surface area contributed by atoms with Crippen LogP contribution in [0.25, 0.3) is 0 Å². The lowest BCUT2D eigenvalue weighted by Gasteiger charge is -2.36. The summed E-state index contributed by atoms with van der Waals surface area (Å²) in [7, 11) is 6.64. The number of fused-ring (bicyclic) bond motifs is 1. The number of para-hydroxylation sites is 2. The highest BCUT2D eigenvalue weighted by Crippen LogP contribution is 2.36. The number of benzene rings is 3. The molecule has 3 aromatic carbocycles. The van der Waals surface area contributed by atoms with Gasteiger partial charge >= 0.3 is 0 Å². The second kappa shape index (κ2) is 12.4. The van der Waals surface area contributed by atoms with Crippen LogP contribution in [0.2, 0.25) is 0 Å². The van der Waals surface area contributed by atoms with Gasteiger partial charge in [0.05, 0.1) is 40.7 Å². The second-order valence-electron chi connectivity index (χ2n) is 8.76. The van der Waals surface area contributed by atoms with E-state index in [2.05, 4.69) is 34.5 Å². The first kappa shape index (κ1) is 25.5. The van der Waals surface area contributed by atoms with Crippen molar-refractivity contribution in [2.45, 2.75) is 25.5 Å². The molecule has 3 aromatic rings. The first-order chi connectivity index (χ1) is 17.6. The van der Waals surface area contributed by atoms with Crippen molar-refractivity contribution in [1.29, 1.82) is 0 Å². The van der Waals surface area contributed by atoms with E-state index in [-0.39, 0.29) is 6.10 Å². The van der Waals surface area contributed by atoms with E-state index >= 15 is 0 Å². The fourth-order valence-electron chi connectivity index (χ4n) is 4.54. The van der Waals surface area contributed by atoms with Crippen LogP contribution in [0.5, 0.6) is 28.7 Å². The highest BCUT2D eigenvalue weighted by atomic mass is 16.5. The summed E-state index contributed by atoms with van der Waals surface area (Å²) in [5.41, 5.74) is 3.49. The Morgan fingerprint density at radius 1 is 0.778 bits per heavy atom. The highest BCUT2D eigenvalue weighted by Gasteiger charge is 2.25. The van der Waals surface area contributed by atoms with Crippen LogP contribution < -0.4 is 33.9 Å². The quantitative estimate of drug-likeness (QED) is 0.368. The molecule has 1 aliphatic heterocycles. The molecular formula is C29H36N2O5. The fourth-order valence-corrected chi connectivity index (χ4v) is 4.54. The van der Waals surface area contributed by atoms with Crippen LogP contribution in [0, 0.1) is 0 Å². The Bertz CT molecular complexity index is 1140. The van der Waals surface area contributed by atoms with Gasteiger partial charge in [0.15, 0.2) is 23.0 Å². The van der Waals surface area contributed by atoms with Gasteiger partial charge in [0, 0.05) is 6.54 Å². The Labute approximate surface area is 213 Å². The van der Waals surface area contributed by atoms with Crippen LogP contribution in [-0.2, 0) is 13.0 Å². The lowest BCUT2D eigenvalue weighted by Crippen LogP contribution is -2.41. The van der Waals surface area contributed by atoms with E-state index in [1.54, 1.807) is 28.4 Å². The van der Waals surface area contributed by atoms with Crippen LogP contribution in [-0.4, -0.2) is 54.2 Å². The molecule has 0 fully saturated rings. The standard InChI is InChI=1S/C29H36N2O5/c1-32-26-11-9-21(17-28(26)34-3)13-15-30-16-14-23-20-31(24-7-5-6-8-25(24)36-23)19-22-10-12-27(33-2)29(18-22)35-4/h5-12,17-18,23,30H,13-16,19-20H2,1-4H3. The molecule has 1 unspecified atom stereocenters. The molecule has 0 saturated heterocycles. The molecular weight excluding hydrogens is 456 g/mol. The van der Waals surface area contributed by atoms with E-state index in [0.717, 1.165) is 79.0 Å². The number of hydrogen-bond donors (Lipinski definition) is 1. The van der Waals surface area contributed by atoms with Crippen molar-refractivity contribution in [3.63, 3.8) is 0 Å². The van der Waals surface area contributed by atoms with Crippen LogP contribution in [0.4, 0.5) is 5.69 Å². The molecule has 0 radical (unpaired) electrons. The molecule has 0 aliphatic carbocycles. The summed E-state index contributed by atoms with van der Waals surface area (Å²) in [6.07, 6.45) is 1.94. The van der Waals surface area contributed by atoms with Crippen molar-refractivity contribution in [3.05, 3.63) is 71.8 Å². The van der Waals surface area contributed by atoms with Gasteiger partial charge in [0.2, 0.25) is 0 Å². The molecule has 0 bridgehead atoms. The van der Waals surface area contributed by atoms with Crippen molar-refractivity contribution in [1.82, 2.24) is 5.32 Å². The molecule has 4 rings (SSSR count). The number of methoxy groups -OCH3 is 4. The molecule has 0 saturated carbocycles. The maximum Gasteiger partial charge on any atom is 0.161 e. The predicted molar refractivity (Wildman–Crippen MR) is 142 cm³/mol. The molecule has 7 heteroatoms. The summed E-state index contributed by atoms with van der Waals surface area (Å²) >= 11 is 0. The summed E-state index contributed by atoms with van der Waals surface area (Å²) in [4.78, 5) is 2.38. The Balaban J connectivity index is 1.33. The summed E-state index contributed by atoms with van der Waals surface area (Å²) < 4.78 is 28.0. The molecule has 0 spiro atoms. The molecule has 1 aliphatic rings. The predicted octanol–water partition coefficient (Wildman–Crippen LogP) is 4.71. The number of anilines is 1. The topological polar surface area (TPSA) is 61.4 Å². The number of rotatable bonds is 12. The zero-order valence-corrected chi connectivity index (χ0v) is 21.6. The van der Waals surface area contributed by atoms with E-state index < -0.39 is 0 Å². The fraction of sp³-hybridized carbons (Fsp3) is 0.379. The maximum atomic E-state index is 6.35. The third kappa shape index (κ3) is 6.15. The molecule has 7 nitrogen and oxygen atoms in total. The summed E-state index contributed by atoms with van der Waals surface area (Å²) in [6.45, 7) is 3.35. The highest BCUT2D eigenvalue weighted by molar-refractivity contribution is 5.60. The maximum absolute atomic E-state index is 6.35. The summed E-state index contributed by atoms with van der Waals surface area (Å²) in [5, 5.41) is 3.56. The van der Waals surface area contributed by atoms with Gasteiger partial charge in [-0.05, 0) is 73.5 Å². The minimum absolute atomic E-state index is 0.105. The number of ether oxygens (including phenoxy) is 5. The summed E-state index contributed by atoms with van der Waals surface area (Å²) in [6, 6.07) is 20.4. The van der Waals surface area contributed by atoms with Gasteiger partial charge in [-0.1, -0.05) is 24.3 Å². The molecule has 1 heterocycles. The zero-order valence-electron chi connectivity index (χ0n) is 21.6. The molecule has 0 amide bonds. The van der Waals surface area contributed by atoms with Gasteiger partial charge in [-0.2, -0.15) is 0 Å². The van der Waals surface area contributed by atoms with E-state index in [1.165, 1.54) is 5.56 Å². The Kier molecular flexibility index (Phi) is 8.79. The van der Waals surface area contributed by atoms with Crippen molar-refractivity contribution in [3.8, 4) is 28.7 Å². The number of hydrogen-bond acceptors (Lipinski definition) is 7. The van der Waals surface area contributed by atoms with Gasteiger partial charge in [0.1, 0.15) is 11.9 Å². The molecule has 36 heavy (non-hydrogen) atoms. The van der Waals surface area contributed by atoms with E-state index in [1.807, 2.05) is 36.4 Å². The van der Waals surface area contributed by atoms with Crippen LogP contribution in [0.3, 0.4) is 0 Å². The lowest BCUT2D eigenvalue weighted by molar-refractivity contribution is 0.182. The first-order valence-corrected chi connectivity index (χ1v) is 12.3. The van der Waals surface area contributed by atoms with Crippen LogP contribution in [0.15, 0.2) is 60.7 Å². The number of nitrogens with one attached hydrogen (secondary N) is 1. The van der Waals surface area contributed by atoms with Crippen molar-refractivity contribution >= 4 is 5.69 Å². The van der Waals surface area contributed by atoms with E-state index in [4.69, 9.17) is 23.7 Å². The zero-order chi connectivity index (χ0) is 25.3. The van der Waals surface area contributed by atoms with Crippen molar-refractivity contribution in [2.24, 2.45) is 0 Å². The Morgan fingerprint density at radius 2 is 1.42 bits per heavy atom. The minimum atomic E-state index is 0.105. The van der Waals surface area contributed by atoms with Gasteiger partial charge in [-0.25, -0.2) is 0 Å². The van der Waals surface area contributed by atoms with Crippen LogP contribution in [0.1, 0.15) is 17.5 Å². The molecule has 1 N–H and O–H groups in total. The Morgan fingerprint density at radius 3 is 2.11 bits per heavy atom. The smallest absolute Gasteiger partial charge is 0.161 e. The average Bonchev–Trinajstić information content (AvgIpc) is 2.92. The number of nitrogens with zero attached hydrogens (tertiary/aromatic N) is 1. The summed E-state index contributed by atoms with van der Waals surface area (Å²) in [5.74, 6) is 3.92. The van der Waals surface area contributed by atoms with Gasteiger partial charge in [-0.3, -0.25) is 0 Å². The monoisotopic (exact) mass is 492 g/mol. The van der Waals surface area contributed by atoms with Gasteiger partial charge in [0.25, 0.3) is 0 Å². The third-order valence-corrected chi connectivity index (χ3v) is 6.43. The second-order valence-corrected chi connectivity index (χ2v) is 8.76. The molecule has 0 aromatic heterocycles. The first-order valence-electron chi connectivity index (χ1n) is 12.3. The average molecular weight is 493 g/mol. The normalized spacial score (nSPS) is 14.6. The third-order valence-electron chi connectivity index (χ3n) is 6.43. The van der Waals surface area contributed by atoms with Crippen LogP contribution >= 0.6 is 0 Å². The van der Waals surface area contributed by atoms with Crippen molar-refractivity contribution in [2.75, 3.05) is 53.0 Å². The van der Waals surface area contributed by atoms with E-state index in [0.29, 0.717) is 0 Å². The van der Waals surface area contributed by atoms with Crippen molar-refractivity contribution < 1.29 is 23.7 Å². The largest absolute Gasteiger partial charge is 0.493 e. The van der Waals surface area contributed by atoms with Gasteiger partial charge in [-0.15, -0.1) is 0 Å². The van der Waals surface area contributed by atoms with E-state index in [9.17, 15) is 0 Å². The SMILES string of the molecule is COc1ccc(CCNCCC2CN(Cc3ccc(OC)c(OC)c3)c3ccccc3O2)cc1OC.